The fourth-order valence-corrected chi connectivity index (χ4v) is 1.83. The first kappa shape index (κ1) is 12.2. The standard InChI is InChI=1S/C12H19ClN2/c1-4-15(8-9(2)3)12-6-5-10(13)7-11(12)14/h5-7,9H,4,8,14H2,1-3H3. The van der Waals surface area contributed by atoms with E-state index in [0.717, 1.165) is 24.5 Å². The van der Waals surface area contributed by atoms with Gasteiger partial charge in [-0.3, -0.25) is 0 Å². The van der Waals surface area contributed by atoms with Crippen molar-refractivity contribution < 1.29 is 0 Å². The third-order valence-corrected chi connectivity index (χ3v) is 2.53. The number of nitrogen functional groups attached to an aromatic ring is 1. The van der Waals surface area contributed by atoms with E-state index in [-0.39, 0.29) is 0 Å². The first-order valence-corrected chi connectivity index (χ1v) is 5.72. The number of benzene rings is 1. The Morgan fingerprint density at radius 3 is 2.53 bits per heavy atom. The molecule has 84 valence electrons. The molecule has 0 heterocycles. The van der Waals surface area contributed by atoms with Crippen LogP contribution in [0, 0.1) is 5.92 Å². The van der Waals surface area contributed by atoms with Crippen LogP contribution in [0.5, 0.6) is 0 Å². The second kappa shape index (κ2) is 5.26. The fraction of sp³-hybridized carbons (Fsp3) is 0.500. The third-order valence-electron chi connectivity index (χ3n) is 2.30. The average Bonchev–Trinajstić information content (AvgIpc) is 2.14. The van der Waals surface area contributed by atoms with Gasteiger partial charge in [0.2, 0.25) is 0 Å². The van der Waals surface area contributed by atoms with E-state index in [0.29, 0.717) is 10.9 Å². The van der Waals surface area contributed by atoms with Gasteiger partial charge in [0.25, 0.3) is 0 Å². The SMILES string of the molecule is CCN(CC(C)C)c1ccc(Cl)cc1N. The number of nitrogens with zero attached hydrogens (tertiary/aromatic N) is 1. The molecule has 0 aliphatic carbocycles. The van der Waals surface area contributed by atoms with Gasteiger partial charge in [-0.25, -0.2) is 0 Å². The second-order valence-electron chi connectivity index (χ2n) is 4.14. The van der Waals surface area contributed by atoms with Crippen LogP contribution in [-0.2, 0) is 0 Å². The van der Waals surface area contributed by atoms with Gasteiger partial charge in [-0.1, -0.05) is 25.4 Å². The Kier molecular flexibility index (Phi) is 4.28. The summed E-state index contributed by atoms with van der Waals surface area (Å²) in [6.07, 6.45) is 0. The highest BCUT2D eigenvalue weighted by Gasteiger charge is 2.09. The Morgan fingerprint density at radius 1 is 1.40 bits per heavy atom. The lowest BCUT2D eigenvalue weighted by molar-refractivity contribution is 0.619. The molecule has 0 bridgehead atoms. The van der Waals surface area contributed by atoms with Crippen LogP contribution >= 0.6 is 11.6 Å². The number of rotatable bonds is 4. The highest BCUT2D eigenvalue weighted by Crippen LogP contribution is 2.26. The topological polar surface area (TPSA) is 29.3 Å². The lowest BCUT2D eigenvalue weighted by atomic mass is 10.1. The van der Waals surface area contributed by atoms with E-state index in [1.54, 1.807) is 6.07 Å². The van der Waals surface area contributed by atoms with Crippen molar-refractivity contribution in [2.24, 2.45) is 5.92 Å². The van der Waals surface area contributed by atoms with Crippen LogP contribution in [0.25, 0.3) is 0 Å². The van der Waals surface area contributed by atoms with Crippen molar-refractivity contribution in [3.8, 4) is 0 Å². The maximum atomic E-state index is 5.95. The van der Waals surface area contributed by atoms with Crippen molar-refractivity contribution in [3.05, 3.63) is 23.2 Å². The first-order chi connectivity index (χ1) is 7.04. The summed E-state index contributed by atoms with van der Waals surface area (Å²) >= 11 is 5.87. The predicted octanol–water partition coefficient (Wildman–Crippen LogP) is 3.40. The Bertz CT molecular complexity index is 323. The van der Waals surface area contributed by atoms with Gasteiger partial charge in [0.15, 0.2) is 0 Å². The van der Waals surface area contributed by atoms with E-state index >= 15 is 0 Å². The van der Waals surface area contributed by atoms with E-state index < -0.39 is 0 Å². The second-order valence-corrected chi connectivity index (χ2v) is 4.57. The van der Waals surface area contributed by atoms with Crippen LogP contribution in [0.2, 0.25) is 5.02 Å². The molecule has 1 aromatic rings. The summed E-state index contributed by atoms with van der Waals surface area (Å²) in [6.45, 7) is 8.52. The van der Waals surface area contributed by atoms with Gasteiger partial charge in [0, 0.05) is 18.1 Å². The van der Waals surface area contributed by atoms with Gasteiger partial charge in [0.1, 0.15) is 0 Å². The van der Waals surface area contributed by atoms with Crippen LogP contribution in [0.15, 0.2) is 18.2 Å². The Morgan fingerprint density at radius 2 is 2.07 bits per heavy atom. The predicted molar refractivity (Wildman–Crippen MR) is 68.6 cm³/mol. The maximum absolute atomic E-state index is 5.95. The number of anilines is 2. The molecule has 0 radical (unpaired) electrons. The summed E-state index contributed by atoms with van der Waals surface area (Å²) in [5.41, 5.74) is 7.78. The molecule has 1 rings (SSSR count). The van der Waals surface area contributed by atoms with Gasteiger partial charge in [-0.15, -0.1) is 0 Å². The van der Waals surface area contributed by atoms with Gasteiger partial charge >= 0.3 is 0 Å². The van der Waals surface area contributed by atoms with E-state index in [4.69, 9.17) is 17.3 Å². The molecule has 0 aliphatic rings. The first-order valence-electron chi connectivity index (χ1n) is 5.34. The monoisotopic (exact) mass is 226 g/mol. The lowest BCUT2D eigenvalue weighted by Crippen LogP contribution is -2.27. The molecule has 0 amide bonds. The molecule has 0 fully saturated rings. The van der Waals surface area contributed by atoms with E-state index in [1.165, 1.54) is 0 Å². The highest BCUT2D eigenvalue weighted by molar-refractivity contribution is 6.31. The van der Waals surface area contributed by atoms with Gasteiger partial charge in [-0.2, -0.15) is 0 Å². The molecule has 2 nitrogen and oxygen atoms in total. The number of hydrogen-bond acceptors (Lipinski definition) is 2. The van der Waals surface area contributed by atoms with Crippen molar-refractivity contribution in [1.82, 2.24) is 0 Å². The Hall–Kier alpha value is -0.890. The molecule has 0 aromatic heterocycles. The van der Waals surface area contributed by atoms with Gasteiger partial charge < -0.3 is 10.6 Å². The number of nitrogens with two attached hydrogens (primary N) is 1. The zero-order chi connectivity index (χ0) is 11.4. The normalized spacial score (nSPS) is 10.7. The molecule has 0 spiro atoms. The summed E-state index contributed by atoms with van der Waals surface area (Å²) in [4.78, 5) is 2.27. The third kappa shape index (κ3) is 3.31. The van der Waals surface area contributed by atoms with Crippen molar-refractivity contribution in [2.75, 3.05) is 23.7 Å². The van der Waals surface area contributed by atoms with E-state index in [2.05, 4.69) is 25.7 Å². The molecule has 0 atom stereocenters. The molecular weight excluding hydrogens is 208 g/mol. The van der Waals surface area contributed by atoms with Crippen LogP contribution < -0.4 is 10.6 Å². The summed E-state index contributed by atoms with van der Waals surface area (Å²) in [5.74, 6) is 0.625. The minimum atomic E-state index is 0.625. The minimum Gasteiger partial charge on any atom is -0.397 e. The maximum Gasteiger partial charge on any atom is 0.0600 e. The van der Waals surface area contributed by atoms with E-state index in [9.17, 15) is 0 Å². The van der Waals surface area contributed by atoms with Crippen molar-refractivity contribution in [2.45, 2.75) is 20.8 Å². The average molecular weight is 227 g/mol. The molecule has 2 N–H and O–H groups in total. The molecular formula is C12H19ClN2. The van der Waals surface area contributed by atoms with Gasteiger partial charge in [0.05, 0.1) is 11.4 Å². The zero-order valence-electron chi connectivity index (χ0n) is 9.63. The van der Waals surface area contributed by atoms with Gasteiger partial charge in [-0.05, 0) is 31.0 Å². The Balaban J connectivity index is 2.91. The van der Waals surface area contributed by atoms with Crippen LogP contribution in [-0.4, -0.2) is 13.1 Å². The molecule has 3 heteroatoms. The van der Waals surface area contributed by atoms with Crippen LogP contribution in [0.4, 0.5) is 11.4 Å². The zero-order valence-corrected chi connectivity index (χ0v) is 10.4. The molecule has 0 saturated carbocycles. The number of hydrogen-bond donors (Lipinski definition) is 1. The fourth-order valence-electron chi connectivity index (χ4n) is 1.65. The molecule has 0 aliphatic heterocycles. The quantitative estimate of drug-likeness (QED) is 0.798. The molecule has 1 aromatic carbocycles. The van der Waals surface area contributed by atoms with Crippen molar-refractivity contribution in [1.29, 1.82) is 0 Å². The summed E-state index contributed by atoms with van der Waals surface area (Å²) in [6, 6.07) is 5.68. The number of halogens is 1. The van der Waals surface area contributed by atoms with E-state index in [1.807, 2.05) is 12.1 Å². The van der Waals surface area contributed by atoms with Crippen LogP contribution in [0.3, 0.4) is 0 Å². The largest absolute Gasteiger partial charge is 0.397 e. The lowest BCUT2D eigenvalue weighted by Gasteiger charge is -2.26. The smallest absolute Gasteiger partial charge is 0.0600 e. The van der Waals surface area contributed by atoms with Crippen molar-refractivity contribution >= 4 is 23.0 Å². The molecule has 0 saturated heterocycles. The summed E-state index contributed by atoms with van der Waals surface area (Å²) < 4.78 is 0. The molecule has 15 heavy (non-hydrogen) atoms. The van der Waals surface area contributed by atoms with Crippen molar-refractivity contribution in [3.63, 3.8) is 0 Å². The molecule has 0 unspecified atom stereocenters. The van der Waals surface area contributed by atoms with Crippen LogP contribution in [0.1, 0.15) is 20.8 Å². The Labute approximate surface area is 97.0 Å². The minimum absolute atomic E-state index is 0.625. The highest BCUT2D eigenvalue weighted by atomic mass is 35.5. The summed E-state index contributed by atoms with van der Waals surface area (Å²) in [5, 5.41) is 0.692. The summed E-state index contributed by atoms with van der Waals surface area (Å²) in [7, 11) is 0.